The van der Waals surface area contributed by atoms with Crippen molar-refractivity contribution in [3.63, 3.8) is 0 Å². The molecule has 0 aromatic heterocycles. The first-order chi connectivity index (χ1) is 8.02. The van der Waals surface area contributed by atoms with Crippen molar-refractivity contribution in [2.75, 3.05) is 11.5 Å². The van der Waals surface area contributed by atoms with Crippen molar-refractivity contribution in [1.82, 2.24) is 0 Å². The molecule has 0 aliphatic heterocycles. The summed E-state index contributed by atoms with van der Waals surface area (Å²) in [4.78, 5) is 22.0. The van der Waals surface area contributed by atoms with E-state index in [1.807, 2.05) is 0 Å². The maximum Gasteiger partial charge on any atom is 0.321 e. The van der Waals surface area contributed by atoms with Crippen LogP contribution in [0.5, 0.6) is 0 Å². The van der Waals surface area contributed by atoms with Gasteiger partial charge in [0.25, 0.3) is 0 Å². The lowest BCUT2D eigenvalue weighted by Crippen LogP contribution is -2.29. The Morgan fingerprint density at radius 1 is 1.11 bits per heavy atom. The van der Waals surface area contributed by atoms with Crippen LogP contribution in [0.1, 0.15) is 47.0 Å². The molecule has 0 heterocycles. The second-order valence-electron chi connectivity index (χ2n) is 5.34. The van der Waals surface area contributed by atoms with Crippen LogP contribution in [0.4, 0.5) is 0 Å². The predicted octanol–water partition coefficient (Wildman–Crippen LogP) is 1.50. The Morgan fingerprint density at radius 3 is 2.11 bits per heavy atom. The molecule has 0 amide bonds. The smallest absolute Gasteiger partial charge is 0.321 e. The number of rotatable bonds is 7. The maximum atomic E-state index is 11.6. The number of hydrogen-bond donors (Lipinski definition) is 0. The third-order valence-electron chi connectivity index (χ3n) is 1.99. The van der Waals surface area contributed by atoms with Crippen LogP contribution in [-0.2, 0) is 24.2 Å². The molecular weight excluding hydrogens is 256 g/mol. The van der Waals surface area contributed by atoms with E-state index in [1.54, 1.807) is 20.8 Å². The van der Waals surface area contributed by atoms with Gasteiger partial charge in [0.05, 0.1) is 5.75 Å². The van der Waals surface area contributed by atoms with Crippen LogP contribution in [0.3, 0.4) is 0 Å². The van der Waals surface area contributed by atoms with Crippen molar-refractivity contribution in [3.05, 3.63) is 0 Å². The van der Waals surface area contributed by atoms with Gasteiger partial charge in [-0.2, -0.15) is 0 Å². The minimum absolute atomic E-state index is 0.0412. The number of carbonyl (C=O) groups is 2. The molecular formula is C12H22O5S. The number of hydrogen-bond acceptors (Lipinski definition) is 5. The minimum Gasteiger partial charge on any atom is -0.459 e. The molecule has 0 saturated heterocycles. The zero-order valence-corrected chi connectivity index (χ0v) is 12.3. The Kier molecular flexibility index (Phi) is 6.52. The van der Waals surface area contributed by atoms with Gasteiger partial charge >= 0.3 is 5.97 Å². The fourth-order valence-electron chi connectivity index (χ4n) is 1.32. The molecule has 0 radical (unpaired) electrons. The zero-order valence-electron chi connectivity index (χ0n) is 11.5. The summed E-state index contributed by atoms with van der Waals surface area (Å²) in [7, 11) is -3.44. The Hall–Kier alpha value is -0.910. The number of sulfone groups is 1. The second kappa shape index (κ2) is 6.87. The quantitative estimate of drug-likeness (QED) is 0.521. The highest BCUT2D eigenvalue weighted by Gasteiger charge is 2.22. The third kappa shape index (κ3) is 10.3. The monoisotopic (exact) mass is 278 g/mol. The maximum absolute atomic E-state index is 11.6. The summed E-state index contributed by atoms with van der Waals surface area (Å²) in [5, 5.41) is 0. The molecule has 0 aromatic carbocycles. The fraction of sp³-hybridized carbons (Fsp3) is 0.833. The van der Waals surface area contributed by atoms with Crippen LogP contribution in [0, 0.1) is 0 Å². The lowest BCUT2D eigenvalue weighted by atomic mass is 10.2. The molecule has 106 valence electrons. The average molecular weight is 278 g/mol. The molecule has 0 bridgehead atoms. The lowest BCUT2D eigenvalue weighted by Gasteiger charge is -2.19. The Bertz CT molecular complexity index is 389. The van der Waals surface area contributed by atoms with E-state index in [-0.39, 0.29) is 11.5 Å². The second-order valence-corrected chi connectivity index (χ2v) is 7.52. The lowest BCUT2D eigenvalue weighted by molar-refractivity contribution is -0.151. The van der Waals surface area contributed by atoms with E-state index in [9.17, 15) is 18.0 Å². The highest BCUT2D eigenvalue weighted by molar-refractivity contribution is 7.92. The van der Waals surface area contributed by atoms with Crippen LogP contribution >= 0.6 is 0 Å². The van der Waals surface area contributed by atoms with Crippen LogP contribution in [0.15, 0.2) is 0 Å². The van der Waals surface area contributed by atoms with E-state index in [0.717, 1.165) is 0 Å². The van der Waals surface area contributed by atoms with Gasteiger partial charge in [-0.1, -0.05) is 0 Å². The van der Waals surface area contributed by atoms with Gasteiger partial charge in [0.15, 0.2) is 9.84 Å². The van der Waals surface area contributed by atoms with E-state index in [1.165, 1.54) is 6.92 Å². The number of ether oxygens (including phenoxy) is 1. The molecule has 0 aliphatic carbocycles. The van der Waals surface area contributed by atoms with E-state index in [4.69, 9.17) is 4.74 Å². The first-order valence-electron chi connectivity index (χ1n) is 5.93. The van der Waals surface area contributed by atoms with E-state index >= 15 is 0 Å². The SMILES string of the molecule is CC(=O)CCCCS(=O)(=O)CC(=O)OC(C)(C)C. The van der Waals surface area contributed by atoms with Gasteiger partial charge in [0.2, 0.25) is 0 Å². The highest BCUT2D eigenvalue weighted by Crippen LogP contribution is 2.09. The summed E-state index contributed by atoms with van der Waals surface area (Å²) in [5.74, 6) is -1.36. The van der Waals surface area contributed by atoms with Crippen LogP contribution in [0.2, 0.25) is 0 Å². The number of unbranched alkanes of at least 4 members (excludes halogenated alkanes) is 1. The molecule has 0 rings (SSSR count). The van der Waals surface area contributed by atoms with Crippen LogP contribution < -0.4 is 0 Å². The van der Waals surface area contributed by atoms with Gasteiger partial charge in [-0.05, 0) is 40.5 Å². The molecule has 0 atom stereocenters. The Labute approximate surface area is 109 Å². The Balaban J connectivity index is 4.08. The van der Waals surface area contributed by atoms with Crippen molar-refractivity contribution < 1.29 is 22.7 Å². The summed E-state index contributed by atoms with van der Waals surface area (Å²) in [5.41, 5.74) is -0.679. The minimum atomic E-state index is -3.44. The highest BCUT2D eigenvalue weighted by atomic mass is 32.2. The number of esters is 1. The molecule has 0 aromatic rings. The molecule has 5 nitrogen and oxygen atoms in total. The summed E-state index contributed by atoms with van der Waals surface area (Å²) < 4.78 is 28.1. The van der Waals surface area contributed by atoms with Crippen molar-refractivity contribution in [1.29, 1.82) is 0 Å². The van der Waals surface area contributed by atoms with Gasteiger partial charge in [-0.25, -0.2) is 8.42 Å². The first-order valence-corrected chi connectivity index (χ1v) is 7.76. The summed E-state index contributed by atoms with van der Waals surface area (Å²) in [6, 6.07) is 0. The molecule has 6 heteroatoms. The fourth-order valence-corrected chi connectivity index (χ4v) is 2.52. The standard InChI is InChI=1S/C12H22O5S/c1-10(13)7-5-6-8-18(15,16)9-11(14)17-12(2,3)4/h5-9H2,1-4H3. The molecule has 0 N–H and O–H groups in total. The molecule has 18 heavy (non-hydrogen) atoms. The van der Waals surface area contributed by atoms with Crippen molar-refractivity contribution >= 4 is 21.6 Å². The van der Waals surface area contributed by atoms with Crippen LogP contribution in [0.25, 0.3) is 0 Å². The number of carbonyl (C=O) groups excluding carboxylic acids is 2. The Morgan fingerprint density at radius 2 is 1.67 bits per heavy atom. The largest absolute Gasteiger partial charge is 0.459 e. The van der Waals surface area contributed by atoms with Gasteiger partial charge in [-0.15, -0.1) is 0 Å². The molecule has 0 saturated carbocycles. The van der Waals surface area contributed by atoms with Gasteiger partial charge in [-0.3, -0.25) is 4.79 Å². The topological polar surface area (TPSA) is 77.5 Å². The number of Topliss-reactive ketones (excluding diaryl/α,β-unsaturated/α-hetero) is 1. The zero-order chi connectivity index (χ0) is 14.4. The normalized spacial score (nSPS) is 12.2. The third-order valence-corrected chi connectivity index (χ3v) is 3.58. The van der Waals surface area contributed by atoms with E-state index < -0.39 is 27.2 Å². The molecule has 0 unspecified atom stereocenters. The van der Waals surface area contributed by atoms with Crippen molar-refractivity contribution in [2.45, 2.75) is 52.6 Å². The first kappa shape index (κ1) is 17.1. The summed E-state index contributed by atoms with van der Waals surface area (Å²) in [6.07, 6.45) is 1.30. The van der Waals surface area contributed by atoms with Gasteiger partial charge in [0.1, 0.15) is 17.1 Å². The molecule has 0 fully saturated rings. The van der Waals surface area contributed by atoms with Crippen molar-refractivity contribution in [2.24, 2.45) is 0 Å². The predicted molar refractivity (Wildman–Crippen MR) is 69.0 cm³/mol. The molecule has 0 aliphatic rings. The number of ketones is 1. The van der Waals surface area contributed by atoms with Gasteiger partial charge in [0, 0.05) is 6.42 Å². The van der Waals surface area contributed by atoms with Crippen LogP contribution in [-0.4, -0.2) is 37.3 Å². The van der Waals surface area contributed by atoms with E-state index in [2.05, 4.69) is 0 Å². The van der Waals surface area contributed by atoms with E-state index in [0.29, 0.717) is 19.3 Å². The van der Waals surface area contributed by atoms with Crippen molar-refractivity contribution in [3.8, 4) is 0 Å². The summed E-state index contributed by atoms with van der Waals surface area (Å²) in [6.45, 7) is 6.52. The average Bonchev–Trinajstić information content (AvgIpc) is 2.07. The summed E-state index contributed by atoms with van der Waals surface area (Å²) >= 11 is 0. The molecule has 0 spiro atoms. The van der Waals surface area contributed by atoms with Gasteiger partial charge < -0.3 is 9.53 Å².